The van der Waals surface area contributed by atoms with Crippen molar-refractivity contribution in [3.05, 3.63) is 102 Å². The lowest BCUT2D eigenvalue weighted by Gasteiger charge is -2.36. The molecule has 10 rings (SSSR count). The molecule has 7 heterocycles. The van der Waals surface area contributed by atoms with E-state index in [4.69, 9.17) is 9.84 Å². The molecule has 3 aromatic heterocycles. The van der Waals surface area contributed by atoms with Crippen LogP contribution >= 0.6 is 0 Å². The highest BCUT2D eigenvalue weighted by Gasteiger charge is 2.66. The molecule has 0 saturated carbocycles. The second-order valence-corrected chi connectivity index (χ2v) is 9.36. The summed E-state index contributed by atoms with van der Waals surface area (Å²) in [4.78, 5) is 2.14. The third kappa shape index (κ3) is 1.32. The number of pyridine rings is 1. The van der Waals surface area contributed by atoms with Crippen LogP contribution in [0, 0.1) is 0 Å². The van der Waals surface area contributed by atoms with E-state index in [2.05, 4.69) is 85.5 Å². The zero-order valence-corrected chi connectivity index (χ0v) is 17.4. The van der Waals surface area contributed by atoms with Gasteiger partial charge in [-0.15, -0.1) is 4.68 Å². The average molecular weight is 425 g/mol. The second-order valence-electron chi connectivity index (χ2n) is 9.36. The highest BCUT2D eigenvalue weighted by molar-refractivity contribution is 6.13. The molecule has 0 amide bonds. The molecule has 0 N–H and O–H groups in total. The van der Waals surface area contributed by atoms with Crippen molar-refractivity contribution in [2.24, 2.45) is 0 Å². The molecule has 152 valence electrons. The van der Waals surface area contributed by atoms with Gasteiger partial charge in [0, 0.05) is 38.2 Å². The van der Waals surface area contributed by atoms with Crippen LogP contribution < -0.4 is 14.0 Å². The van der Waals surface area contributed by atoms with Gasteiger partial charge in [0.1, 0.15) is 28.1 Å². The van der Waals surface area contributed by atoms with E-state index in [0.717, 1.165) is 34.7 Å². The van der Waals surface area contributed by atoms with Crippen LogP contribution in [0.2, 0.25) is 0 Å². The molecule has 1 atom stereocenters. The molecule has 3 aromatic carbocycles. The number of ether oxygens (including phenoxy) is 1. The predicted octanol–water partition coefficient (Wildman–Crippen LogP) is 3.48. The molecule has 6 nitrogen and oxygen atoms in total. The number of benzene rings is 3. The van der Waals surface area contributed by atoms with E-state index in [1.165, 1.54) is 38.8 Å². The molecule has 6 aromatic rings. The molecule has 33 heavy (non-hydrogen) atoms. The minimum atomic E-state index is -0.643. The summed E-state index contributed by atoms with van der Waals surface area (Å²) in [7, 11) is 0. The first-order valence-corrected chi connectivity index (χ1v) is 11.3. The van der Waals surface area contributed by atoms with Gasteiger partial charge < -0.3 is 4.74 Å². The lowest BCUT2D eigenvalue weighted by Crippen LogP contribution is -2.68. The summed E-state index contributed by atoms with van der Waals surface area (Å²) >= 11 is 0. The monoisotopic (exact) mass is 425 g/mol. The smallest absolute Gasteiger partial charge is 0.327 e. The van der Waals surface area contributed by atoms with Gasteiger partial charge in [-0.3, -0.25) is 0 Å². The standard InChI is InChI=1S/C27H15N5O/c1-4-15-14-16-5-3-12-29-26(16)31-24(15)17(6-1)18-9-10-21-23(25(18)31)27(29)22-19(7-2-8-20(22)33-21)30-13-11-28-32(27)30/h1-13H,14H2/q+2. The van der Waals surface area contributed by atoms with Gasteiger partial charge in [0.15, 0.2) is 17.4 Å². The van der Waals surface area contributed by atoms with Gasteiger partial charge in [0.25, 0.3) is 5.82 Å². The summed E-state index contributed by atoms with van der Waals surface area (Å²) in [6.07, 6.45) is 7.07. The van der Waals surface area contributed by atoms with Gasteiger partial charge in [-0.2, -0.15) is 9.13 Å². The number of fused-ring (bicyclic) bond motifs is 3. The molecule has 0 bridgehead atoms. The van der Waals surface area contributed by atoms with Gasteiger partial charge in [-0.05, 0) is 42.5 Å². The maximum absolute atomic E-state index is 6.61. The van der Waals surface area contributed by atoms with Crippen molar-refractivity contribution >= 4 is 21.8 Å². The van der Waals surface area contributed by atoms with Crippen molar-refractivity contribution in [1.29, 1.82) is 0 Å². The van der Waals surface area contributed by atoms with Crippen LogP contribution in [0.1, 0.15) is 22.3 Å². The van der Waals surface area contributed by atoms with Crippen LogP contribution in [0.5, 0.6) is 11.5 Å². The lowest BCUT2D eigenvalue weighted by atomic mass is 9.84. The maximum atomic E-state index is 6.61. The first-order valence-electron chi connectivity index (χ1n) is 11.3. The van der Waals surface area contributed by atoms with Crippen molar-refractivity contribution in [2.75, 3.05) is 0 Å². The van der Waals surface area contributed by atoms with Crippen LogP contribution in [0.3, 0.4) is 0 Å². The molecule has 0 fully saturated rings. The normalized spacial score (nSPS) is 19.2. The van der Waals surface area contributed by atoms with Crippen LogP contribution in [0.15, 0.2) is 79.3 Å². The van der Waals surface area contributed by atoms with Gasteiger partial charge in [0.05, 0.1) is 6.20 Å². The Morgan fingerprint density at radius 1 is 0.818 bits per heavy atom. The first kappa shape index (κ1) is 15.4. The molecule has 1 spiro atoms. The summed E-state index contributed by atoms with van der Waals surface area (Å²) in [6, 6.07) is 21.8. The molecule has 0 radical (unpaired) electrons. The highest BCUT2D eigenvalue weighted by atomic mass is 16.5. The number of nitrogens with zero attached hydrogens (tertiary/aromatic N) is 5. The Hall–Kier alpha value is -4.45. The highest BCUT2D eigenvalue weighted by Crippen LogP contribution is 2.56. The SMILES string of the molecule is c1cc2c3c(c1)-[n+]1ccnn1C31c3c(ccc4c5cccc6c5n(c34)-c3c(ccc[n+]31)C6)O2. The molecular weight excluding hydrogens is 410 g/mol. The van der Waals surface area contributed by atoms with Gasteiger partial charge in [0.2, 0.25) is 6.20 Å². The quantitative estimate of drug-likeness (QED) is 0.349. The predicted molar refractivity (Wildman–Crippen MR) is 119 cm³/mol. The van der Waals surface area contributed by atoms with E-state index in [-0.39, 0.29) is 0 Å². The number of hydrogen-bond donors (Lipinski definition) is 0. The van der Waals surface area contributed by atoms with E-state index < -0.39 is 5.66 Å². The third-order valence-corrected chi connectivity index (χ3v) is 8.03. The van der Waals surface area contributed by atoms with E-state index in [1.54, 1.807) is 0 Å². The van der Waals surface area contributed by atoms with E-state index in [9.17, 15) is 0 Å². The number of hydrogen-bond acceptors (Lipinski definition) is 2. The molecule has 4 aliphatic heterocycles. The van der Waals surface area contributed by atoms with Crippen LogP contribution in [-0.2, 0) is 12.1 Å². The Morgan fingerprint density at radius 3 is 2.70 bits per heavy atom. The summed E-state index contributed by atoms with van der Waals surface area (Å²) < 4.78 is 13.7. The van der Waals surface area contributed by atoms with E-state index in [0.29, 0.717) is 0 Å². The summed E-state index contributed by atoms with van der Waals surface area (Å²) in [6.45, 7) is 0. The molecular formula is C27H15N5O+2. The van der Waals surface area contributed by atoms with Crippen molar-refractivity contribution in [2.45, 2.75) is 12.1 Å². The topological polar surface area (TPSA) is 39.7 Å². The first-order chi connectivity index (χ1) is 16.4. The molecule has 6 heteroatoms. The molecule has 4 aliphatic rings. The fraction of sp³-hybridized carbons (Fsp3) is 0.0741. The zero-order chi connectivity index (χ0) is 21.1. The minimum absolute atomic E-state index is 0.643. The lowest BCUT2D eigenvalue weighted by molar-refractivity contribution is -0.797. The Balaban J connectivity index is 1.60. The number of para-hydroxylation sites is 1. The summed E-state index contributed by atoms with van der Waals surface area (Å²) in [5.74, 6) is 3.02. The Bertz CT molecular complexity index is 1940. The molecule has 1 unspecified atom stereocenters. The second kappa shape index (κ2) is 4.52. The van der Waals surface area contributed by atoms with Crippen molar-refractivity contribution < 1.29 is 14.0 Å². The molecule has 0 saturated heterocycles. The van der Waals surface area contributed by atoms with Gasteiger partial charge in [-0.25, -0.2) is 0 Å². The van der Waals surface area contributed by atoms with Crippen LogP contribution in [-0.4, -0.2) is 14.5 Å². The fourth-order valence-corrected chi connectivity index (χ4v) is 7.01. The molecule has 0 aliphatic carbocycles. The largest absolute Gasteiger partial charge is 0.456 e. The fourth-order valence-electron chi connectivity index (χ4n) is 7.01. The number of rotatable bonds is 0. The van der Waals surface area contributed by atoms with Crippen LogP contribution in [0.4, 0.5) is 0 Å². The van der Waals surface area contributed by atoms with Crippen molar-refractivity contribution in [1.82, 2.24) is 14.5 Å². The van der Waals surface area contributed by atoms with E-state index in [1.807, 2.05) is 12.4 Å². The van der Waals surface area contributed by atoms with E-state index >= 15 is 0 Å². The Labute approximate surface area is 187 Å². The average Bonchev–Trinajstić information content (AvgIpc) is 3.53. The van der Waals surface area contributed by atoms with Crippen molar-refractivity contribution in [3.8, 4) is 23.0 Å². The van der Waals surface area contributed by atoms with Gasteiger partial charge >= 0.3 is 5.66 Å². The maximum Gasteiger partial charge on any atom is 0.327 e. The summed E-state index contributed by atoms with van der Waals surface area (Å²) in [5, 5.41) is 7.48. The number of aromatic nitrogens is 5. The van der Waals surface area contributed by atoms with Crippen LogP contribution in [0.25, 0.3) is 33.3 Å². The van der Waals surface area contributed by atoms with Crippen molar-refractivity contribution in [3.63, 3.8) is 0 Å². The Kier molecular flexibility index (Phi) is 2.10. The summed E-state index contributed by atoms with van der Waals surface area (Å²) in [5.41, 5.74) is 8.02. The van der Waals surface area contributed by atoms with Gasteiger partial charge in [-0.1, -0.05) is 18.2 Å². The Morgan fingerprint density at radius 2 is 1.70 bits per heavy atom. The third-order valence-electron chi connectivity index (χ3n) is 8.03. The minimum Gasteiger partial charge on any atom is -0.456 e. The zero-order valence-electron chi connectivity index (χ0n) is 17.4.